The molecule has 0 heterocycles. The largest absolute Gasteiger partial charge is 0.210 e. The van der Waals surface area contributed by atoms with Gasteiger partial charge in [-0.2, -0.15) is 0 Å². The van der Waals surface area contributed by atoms with Crippen LogP contribution in [0.25, 0.3) is 0 Å². The highest BCUT2D eigenvalue weighted by Gasteiger charge is 2.08. The number of hydrogen-bond acceptors (Lipinski definition) is 2. The van der Waals surface area contributed by atoms with Crippen molar-refractivity contribution in [1.29, 1.82) is 0 Å². The van der Waals surface area contributed by atoms with Crippen LogP contribution in [0.4, 0.5) is 0 Å². The van der Waals surface area contributed by atoms with E-state index in [0.717, 1.165) is 12.0 Å². The van der Waals surface area contributed by atoms with Crippen LogP contribution in [-0.2, 0) is 0 Å². The maximum atomic E-state index is 2.32. The van der Waals surface area contributed by atoms with E-state index in [0.29, 0.717) is 0 Å². The predicted octanol–water partition coefficient (Wildman–Crippen LogP) is 6.08. The van der Waals surface area contributed by atoms with Crippen molar-refractivity contribution >= 4 is 35.2 Å². The van der Waals surface area contributed by atoms with E-state index >= 15 is 0 Å². The van der Waals surface area contributed by atoms with E-state index < -0.39 is 0 Å². The van der Waals surface area contributed by atoms with Gasteiger partial charge in [0.05, 0.1) is 0 Å². The molecular weight excluding hydrogens is 254 g/mol. The zero-order chi connectivity index (χ0) is 13.6. The Morgan fingerprint density at radius 1 is 0.556 bits per heavy atom. The third kappa shape index (κ3) is 10.7. The second-order valence-corrected chi connectivity index (χ2v) is 7.85. The lowest BCUT2D eigenvalue weighted by Crippen LogP contribution is -2.05. The summed E-state index contributed by atoms with van der Waals surface area (Å²) in [4.78, 5) is 0. The molecule has 0 fully saturated rings. The van der Waals surface area contributed by atoms with Gasteiger partial charge in [-0.3, -0.25) is 0 Å². The average molecular weight is 286 g/mol. The molecule has 0 atom stereocenters. The molecule has 0 aliphatic carbocycles. The van der Waals surface area contributed by atoms with Gasteiger partial charge < -0.3 is 0 Å². The van der Waals surface area contributed by atoms with Gasteiger partial charge >= 0.3 is 0 Å². The minimum absolute atomic E-state index is 0.912. The summed E-state index contributed by atoms with van der Waals surface area (Å²) >= 11 is 4.38. The molecule has 0 radical (unpaired) electrons. The fraction of sp³-hybridized carbons (Fsp3) is 1.00. The third-order valence-electron chi connectivity index (χ3n) is 3.57. The van der Waals surface area contributed by atoms with E-state index in [1.165, 1.54) is 62.5 Å². The third-order valence-corrected chi connectivity index (χ3v) is 6.89. The molecule has 0 aliphatic rings. The van der Waals surface area contributed by atoms with E-state index in [2.05, 4.69) is 50.9 Å². The van der Waals surface area contributed by atoms with Gasteiger partial charge in [0, 0.05) is 0 Å². The van der Waals surface area contributed by atoms with Crippen LogP contribution in [0.5, 0.6) is 0 Å². The Balaban J connectivity index is 3.21. The van der Waals surface area contributed by atoms with Crippen molar-refractivity contribution in [2.24, 2.45) is 0 Å². The second kappa shape index (κ2) is 14.2. The minimum Gasteiger partial charge on any atom is -0.210 e. The minimum atomic E-state index is 0.912. The first kappa shape index (κ1) is 18.8. The van der Waals surface area contributed by atoms with Crippen molar-refractivity contribution in [2.45, 2.75) is 78.7 Å². The van der Waals surface area contributed by atoms with Gasteiger partial charge in [-0.1, -0.05) is 65.8 Å². The second-order valence-electron chi connectivity index (χ2n) is 5.03. The van der Waals surface area contributed by atoms with Crippen molar-refractivity contribution in [2.75, 3.05) is 11.5 Å². The molecule has 0 unspecified atom stereocenters. The molecule has 0 aromatic carbocycles. The van der Waals surface area contributed by atoms with Gasteiger partial charge in [-0.05, 0) is 24.3 Å². The van der Waals surface area contributed by atoms with Crippen molar-refractivity contribution < 1.29 is 0 Å². The highest BCUT2D eigenvalue weighted by Crippen LogP contribution is 2.19. The molecule has 0 saturated carbocycles. The Morgan fingerprint density at radius 3 is 1.17 bits per heavy atom. The lowest BCUT2D eigenvalue weighted by molar-refractivity contribution is 0.712. The summed E-state index contributed by atoms with van der Waals surface area (Å²) in [7, 11) is 0. The number of rotatable bonds is 13. The first-order valence-corrected chi connectivity index (χ1v) is 10.1. The zero-order valence-corrected chi connectivity index (χ0v) is 14.7. The number of unbranched alkanes of at least 4 members (excludes halogenated alkanes) is 3. The monoisotopic (exact) mass is 286 g/mol. The molecular formula is C14H32B2S2. The smallest absolute Gasteiger partial charge is 0.208 e. The zero-order valence-electron chi connectivity index (χ0n) is 13.0. The lowest BCUT2D eigenvalue weighted by atomic mass is 9.70. The molecule has 0 rings (SSSR count). The van der Waals surface area contributed by atoms with Crippen molar-refractivity contribution in [3.8, 4) is 0 Å². The average Bonchev–Trinajstić information content (AvgIpc) is 2.41. The SMILES string of the molecule is CCB(CC)SCCCCCCSB(CC)CC. The molecule has 18 heavy (non-hydrogen) atoms. The molecule has 0 N–H and O–H groups in total. The summed E-state index contributed by atoms with van der Waals surface area (Å²) < 4.78 is 0. The van der Waals surface area contributed by atoms with Crippen molar-refractivity contribution in [1.82, 2.24) is 0 Å². The summed E-state index contributed by atoms with van der Waals surface area (Å²) in [6.07, 6.45) is 11.1. The first-order chi connectivity index (χ1) is 8.78. The summed E-state index contributed by atoms with van der Waals surface area (Å²) in [5.41, 5.74) is 0. The van der Waals surface area contributed by atoms with Gasteiger partial charge in [0.15, 0.2) is 0 Å². The highest BCUT2D eigenvalue weighted by molar-refractivity contribution is 8.25. The van der Waals surface area contributed by atoms with E-state index in [-0.39, 0.29) is 0 Å². The molecule has 0 spiro atoms. The van der Waals surface area contributed by atoms with Crippen LogP contribution in [-0.4, -0.2) is 23.5 Å². The highest BCUT2D eigenvalue weighted by atomic mass is 32.2. The summed E-state index contributed by atoms with van der Waals surface area (Å²) in [5.74, 6) is 4.59. The van der Waals surface area contributed by atoms with Gasteiger partial charge in [0.1, 0.15) is 0 Å². The molecule has 0 aromatic rings. The Kier molecular flexibility index (Phi) is 14.9. The van der Waals surface area contributed by atoms with Gasteiger partial charge in [-0.25, -0.2) is 23.2 Å². The van der Waals surface area contributed by atoms with E-state index in [4.69, 9.17) is 0 Å². The van der Waals surface area contributed by atoms with Gasteiger partial charge in [0.25, 0.3) is 0 Å². The maximum absolute atomic E-state index is 2.32. The molecule has 4 heteroatoms. The predicted molar refractivity (Wildman–Crippen MR) is 96.8 cm³/mol. The molecule has 0 nitrogen and oxygen atoms in total. The van der Waals surface area contributed by atoms with Crippen LogP contribution < -0.4 is 0 Å². The van der Waals surface area contributed by atoms with E-state index in [1.54, 1.807) is 0 Å². The quantitative estimate of drug-likeness (QED) is 0.297. The van der Waals surface area contributed by atoms with Gasteiger partial charge in [0.2, 0.25) is 12.0 Å². The Labute approximate surface area is 125 Å². The summed E-state index contributed by atoms with van der Waals surface area (Å²) in [5, 5.41) is 0. The van der Waals surface area contributed by atoms with Gasteiger partial charge in [-0.15, -0.1) is 0 Å². The maximum Gasteiger partial charge on any atom is 0.208 e. The Hall–Kier alpha value is 0.830. The normalized spacial score (nSPS) is 10.7. The summed E-state index contributed by atoms with van der Waals surface area (Å²) in [6, 6.07) is 0. The van der Waals surface area contributed by atoms with Crippen molar-refractivity contribution in [3.05, 3.63) is 0 Å². The fourth-order valence-electron chi connectivity index (χ4n) is 2.11. The fourth-order valence-corrected chi connectivity index (χ4v) is 4.46. The molecule has 106 valence electrons. The molecule has 0 bridgehead atoms. The topological polar surface area (TPSA) is 0 Å². The van der Waals surface area contributed by atoms with Crippen molar-refractivity contribution in [3.63, 3.8) is 0 Å². The van der Waals surface area contributed by atoms with Crippen LogP contribution in [0, 0.1) is 0 Å². The van der Waals surface area contributed by atoms with Crippen LogP contribution in [0.1, 0.15) is 53.4 Å². The first-order valence-electron chi connectivity index (χ1n) is 8.01. The standard InChI is InChI=1S/C14H32B2S2/c1-5-15(6-2)17-13-11-9-10-12-14-18-16(7-3)8-4/h5-14H2,1-4H3. The van der Waals surface area contributed by atoms with E-state index in [1.807, 2.05) is 0 Å². The van der Waals surface area contributed by atoms with Crippen LogP contribution >= 0.6 is 23.2 Å². The number of hydrogen-bond donors (Lipinski definition) is 0. The van der Waals surface area contributed by atoms with Crippen LogP contribution in [0.3, 0.4) is 0 Å². The van der Waals surface area contributed by atoms with E-state index in [9.17, 15) is 0 Å². The Bertz CT molecular complexity index is 142. The summed E-state index contributed by atoms with van der Waals surface area (Å²) in [6.45, 7) is 9.26. The molecule has 0 amide bonds. The molecule has 0 aromatic heterocycles. The Morgan fingerprint density at radius 2 is 0.889 bits per heavy atom. The lowest BCUT2D eigenvalue weighted by Gasteiger charge is -2.09. The molecule has 0 aliphatic heterocycles. The van der Waals surface area contributed by atoms with Crippen LogP contribution in [0.2, 0.25) is 25.3 Å². The molecule has 0 saturated heterocycles. The van der Waals surface area contributed by atoms with Crippen LogP contribution in [0.15, 0.2) is 0 Å².